The van der Waals surface area contributed by atoms with Crippen LogP contribution in [0.25, 0.3) is 0 Å². The Hall–Kier alpha value is -1.76. The van der Waals surface area contributed by atoms with Crippen LogP contribution in [0.2, 0.25) is 0 Å². The third-order valence-corrected chi connectivity index (χ3v) is 1.94. The largest absolute Gasteiger partial charge is 0.414 e. The van der Waals surface area contributed by atoms with Gasteiger partial charge in [0.2, 0.25) is 0 Å². The Bertz CT molecular complexity index is 408. The van der Waals surface area contributed by atoms with Crippen molar-refractivity contribution < 1.29 is 22.8 Å². The molecule has 0 bridgehead atoms. The molecule has 0 unspecified atom stereocenters. The molecule has 0 saturated carbocycles. The minimum absolute atomic E-state index is 0.224. The summed E-state index contributed by atoms with van der Waals surface area (Å²) < 4.78 is 35.5. The fourth-order valence-corrected chi connectivity index (χ4v) is 1.26. The van der Waals surface area contributed by atoms with Gasteiger partial charge in [-0.25, -0.2) is 5.48 Å². The number of anilines is 1. The van der Waals surface area contributed by atoms with E-state index in [1.165, 1.54) is 6.07 Å². The number of carbonyl (C=O) groups excluding carboxylic acids is 1. The van der Waals surface area contributed by atoms with E-state index < -0.39 is 18.7 Å². The second kappa shape index (κ2) is 6.25. The normalized spacial score (nSPS) is 11.1. The van der Waals surface area contributed by atoms with Gasteiger partial charge in [-0.15, -0.1) is 0 Å². The average molecular weight is 262 g/mol. The van der Waals surface area contributed by atoms with Crippen LogP contribution in [0.15, 0.2) is 24.3 Å². The molecule has 0 saturated heterocycles. The third-order valence-electron chi connectivity index (χ3n) is 1.94. The molecule has 7 heteroatoms. The van der Waals surface area contributed by atoms with Gasteiger partial charge in [0.1, 0.15) is 0 Å². The molecule has 0 aliphatic heterocycles. The molecule has 1 amide bonds. The van der Waals surface area contributed by atoms with Gasteiger partial charge in [-0.2, -0.15) is 13.2 Å². The van der Waals surface area contributed by atoms with Gasteiger partial charge in [0.15, 0.2) is 6.61 Å². The number of hydrogen-bond acceptors (Lipinski definition) is 3. The second-order valence-electron chi connectivity index (χ2n) is 3.41. The highest BCUT2D eigenvalue weighted by Crippen LogP contribution is 2.16. The summed E-state index contributed by atoms with van der Waals surface area (Å²) in [6, 6.07) is 6.47. The van der Waals surface area contributed by atoms with Crippen LogP contribution in [-0.4, -0.2) is 25.2 Å². The summed E-state index contributed by atoms with van der Waals surface area (Å²) in [5, 5.41) is 2.93. The van der Waals surface area contributed by atoms with Gasteiger partial charge >= 0.3 is 6.18 Å². The summed E-state index contributed by atoms with van der Waals surface area (Å²) in [5.74, 6) is -0.726. The van der Waals surface area contributed by atoms with Gasteiger partial charge in [0.05, 0.1) is 5.56 Å². The molecule has 0 radical (unpaired) electrons. The lowest BCUT2D eigenvalue weighted by molar-refractivity contribution is -0.184. The summed E-state index contributed by atoms with van der Waals surface area (Å²) in [5.41, 5.74) is 2.51. The molecule has 2 N–H and O–H groups in total. The predicted octanol–water partition coefficient (Wildman–Crippen LogP) is 2.34. The zero-order valence-electron chi connectivity index (χ0n) is 9.67. The average Bonchev–Trinajstić information content (AvgIpc) is 2.28. The van der Waals surface area contributed by atoms with Crippen LogP contribution >= 0.6 is 0 Å². The maximum atomic E-state index is 11.8. The molecule has 0 aromatic heterocycles. The van der Waals surface area contributed by atoms with E-state index in [1.807, 2.05) is 6.92 Å². The summed E-state index contributed by atoms with van der Waals surface area (Å²) in [7, 11) is 0. The van der Waals surface area contributed by atoms with Crippen molar-refractivity contribution >= 4 is 11.6 Å². The predicted molar refractivity (Wildman–Crippen MR) is 60.1 cm³/mol. The highest BCUT2D eigenvalue weighted by Gasteiger charge is 2.28. The Kier molecular flexibility index (Phi) is 4.96. The minimum atomic E-state index is -4.48. The number of nitrogens with one attached hydrogen (secondary N) is 2. The van der Waals surface area contributed by atoms with E-state index in [9.17, 15) is 18.0 Å². The van der Waals surface area contributed by atoms with E-state index in [0.29, 0.717) is 12.2 Å². The lowest BCUT2D eigenvalue weighted by Gasteiger charge is -2.11. The van der Waals surface area contributed by atoms with Gasteiger partial charge in [0.25, 0.3) is 5.91 Å². The van der Waals surface area contributed by atoms with Crippen molar-refractivity contribution in [1.82, 2.24) is 5.48 Å². The smallest absolute Gasteiger partial charge is 0.385 e. The molecule has 0 aliphatic rings. The first-order valence-electron chi connectivity index (χ1n) is 5.26. The number of amides is 1. The molecule has 0 fully saturated rings. The van der Waals surface area contributed by atoms with Crippen molar-refractivity contribution in [2.45, 2.75) is 13.1 Å². The monoisotopic (exact) mass is 262 g/mol. The van der Waals surface area contributed by atoms with E-state index in [4.69, 9.17) is 0 Å². The first-order chi connectivity index (χ1) is 8.44. The van der Waals surface area contributed by atoms with Crippen molar-refractivity contribution in [2.75, 3.05) is 18.5 Å². The number of hydrogen-bond donors (Lipinski definition) is 2. The van der Waals surface area contributed by atoms with E-state index in [-0.39, 0.29) is 5.56 Å². The summed E-state index contributed by atoms with van der Waals surface area (Å²) in [6.45, 7) is 0.907. The van der Waals surface area contributed by atoms with Gasteiger partial charge in [0, 0.05) is 12.2 Å². The molecule has 18 heavy (non-hydrogen) atoms. The first kappa shape index (κ1) is 14.3. The Morgan fingerprint density at radius 1 is 1.33 bits per heavy atom. The zero-order chi connectivity index (χ0) is 13.6. The Morgan fingerprint density at radius 2 is 2.00 bits per heavy atom. The fourth-order valence-electron chi connectivity index (χ4n) is 1.26. The topological polar surface area (TPSA) is 50.4 Å². The highest BCUT2D eigenvalue weighted by atomic mass is 19.4. The molecule has 0 aliphatic carbocycles. The van der Waals surface area contributed by atoms with Crippen molar-refractivity contribution in [2.24, 2.45) is 0 Å². The number of rotatable bonds is 5. The minimum Gasteiger partial charge on any atom is -0.385 e. The van der Waals surface area contributed by atoms with E-state index in [1.54, 1.807) is 23.7 Å². The van der Waals surface area contributed by atoms with Crippen LogP contribution < -0.4 is 10.8 Å². The molecule has 0 spiro atoms. The Labute approximate surface area is 102 Å². The summed E-state index contributed by atoms with van der Waals surface area (Å²) >= 11 is 0. The van der Waals surface area contributed by atoms with E-state index in [2.05, 4.69) is 10.2 Å². The van der Waals surface area contributed by atoms with E-state index >= 15 is 0 Å². The molecule has 4 nitrogen and oxygen atoms in total. The number of para-hydroxylation sites is 1. The van der Waals surface area contributed by atoms with Crippen LogP contribution in [0.4, 0.5) is 18.9 Å². The molecular weight excluding hydrogens is 249 g/mol. The molecular formula is C11H13F3N2O2. The first-order valence-corrected chi connectivity index (χ1v) is 5.26. The zero-order valence-corrected chi connectivity index (χ0v) is 9.67. The SMILES string of the molecule is CCNc1ccccc1C(=O)NOCC(F)(F)F. The quantitative estimate of drug-likeness (QED) is 0.801. The van der Waals surface area contributed by atoms with Crippen LogP contribution in [0, 0.1) is 0 Å². The number of alkyl halides is 3. The maximum Gasteiger partial charge on any atom is 0.414 e. The molecule has 1 aromatic carbocycles. The van der Waals surface area contributed by atoms with Gasteiger partial charge in [-0.1, -0.05) is 12.1 Å². The lowest BCUT2D eigenvalue weighted by atomic mass is 10.1. The van der Waals surface area contributed by atoms with Crippen LogP contribution in [0.1, 0.15) is 17.3 Å². The fraction of sp³-hybridized carbons (Fsp3) is 0.364. The van der Waals surface area contributed by atoms with Gasteiger partial charge < -0.3 is 5.32 Å². The number of hydroxylamine groups is 1. The Morgan fingerprint density at radius 3 is 2.61 bits per heavy atom. The summed E-state index contributed by atoms with van der Waals surface area (Å²) in [6.07, 6.45) is -4.48. The molecule has 1 aromatic rings. The van der Waals surface area contributed by atoms with E-state index in [0.717, 1.165) is 0 Å². The van der Waals surface area contributed by atoms with Crippen molar-refractivity contribution in [3.8, 4) is 0 Å². The number of halogens is 3. The van der Waals surface area contributed by atoms with Crippen molar-refractivity contribution in [1.29, 1.82) is 0 Å². The van der Waals surface area contributed by atoms with Gasteiger partial charge in [-0.3, -0.25) is 9.63 Å². The van der Waals surface area contributed by atoms with Crippen LogP contribution in [-0.2, 0) is 4.84 Å². The van der Waals surface area contributed by atoms with Crippen molar-refractivity contribution in [3.05, 3.63) is 29.8 Å². The molecule has 0 heterocycles. The van der Waals surface area contributed by atoms with Crippen LogP contribution in [0.3, 0.4) is 0 Å². The maximum absolute atomic E-state index is 11.8. The summed E-state index contributed by atoms with van der Waals surface area (Å²) in [4.78, 5) is 15.7. The lowest BCUT2D eigenvalue weighted by Crippen LogP contribution is -2.30. The van der Waals surface area contributed by atoms with Crippen molar-refractivity contribution in [3.63, 3.8) is 0 Å². The molecule has 100 valence electrons. The molecule has 1 rings (SSSR count). The van der Waals surface area contributed by atoms with Gasteiger partial charge in [-0.05, 0) is 19.1 Å². The second-order valence-corrected chi connectivity index (χ2v) is 3.41. The number of carbonyl (C=O) groups is 1. The number of benzene rings is 1. The standard InChI is InChI=1S/C11H13F3N2O2/c1-2-15-9-6-4-3-5-8(9)10(17)16-18-7-11(12,13)14/h3-6,15H,2,7H2,1H3,(H,16,17). The molecule has 0 atom stereocenters. The van der Waals surface area contributed by atoms with Crippen LogP contribution in [0.5, 0.6) is 0 Å². The third kappa shape index (κ3) is 4.62. The highest BCUT2D eigenvalue weighted by molar-refractivity contribution is 5.98. The Balaban J connectivity index is 2.61.